The zero-order valence-corrected chi connectivity index (χ0v) is 12.9. The molecular formula is C16H15ClN2O3. The van der Waals surface area contributed by atoms with Gasteiger partial charge in [-0.3, -0.25) is 4.79 Å². The topological polar surface area (TPSA) is 59.9 Å². The molecule has 1 N–H and O–H groups in total. The van der Waals surface area contributed by atoms with Gasteiger partial charge in [-0.1, -0.05) is 17.7 Å². The molecule has 0 bridgehead atoms. The van der Waals surface area contributed by atoms with E-state index in [0.717, 1.165) is 5.56 Å². The average molecular weight is 319 g/mol. The van der Waals surface area contributed by atoms with Gasteiger partial charge in [0.05, 0.1) is 20.4 Å². The number of benzene rings is 2. The number of carbonyl (C=O) groups is 1. The van der Waals surface area contributed by atoms with Crippen LogP contribution in [0.5, 0.6) is 11.5 Å². The van der Waals surface area contributed by atoms with Gasteiger partial charge in [-0.05, 0) is 30.3 Å². The van der Waals surface area contributed by atoms with Gasteiger partial charge in [0, 0.05) is 22.2 Å². The molecule has 1 amide bonds. The van der Waals surface area contributed by atoms with Crippen LogP contribution in [0.15, 0.2) is 47.6 Å². The number of rotatable bonds is 5. The van der Waals surface area contributed by atoms with E-state index in [9.17, 15) is 4.79 Å². The predicted octanol–water partition coefficient (Wildman–Crippen LogP) is 3.12. The first-order valence-corrected chi connectivity index (χ1v) is 6.82. The fraction of sp³-hybridized carbons (Fsp3) is 0.125. The summed E-state index contributed by atoms with van der Waals surface area (Å²) in [5, 5.41) is 4.41. The van der Waals surface area contributed by atoms with Gasteiger partial charge < -0.3 is 9.47 Å². The summed E-state index contributed by atoms with van der Waals surface area (Å²) >= 11 is 5.84. The van der Waals surface area contributed by atoms with Crippen LogP contribution in [0.4, 0.5) is 0 Å². The number of hydrazone groups is 1. The van der Waals surface area contributed by atoms with Crippen LogP contribution in [-0.2, 0) is 0 Å². The minimum atomic E-state index is -0.339. The molecule has 2 aromatic carbocycles. The molecule has 0 saturated heterocycles. The monoisotopic (exact) mass is 318 g/mol. The van der Waals surface area contributed by atoms with Crippen LogP contribution in [0.25, 0.3) is 0 Å². The molecule has 0 aromatic heterocycles. The van der Waals surface area contributed by atoms with E-state index in [4.69, 9.17) is 21.1 Å². The second-order valence-corrected chi connectivity index (χ2v) is 4.79. The predicted molar refractivity (Wildman–Crippen MR) is 86.1 cm³/mol. The average Bonchev–Trinajstić information content (AvgIpc) is 2.54. The van der Waals surface area contributed by atoms with Gasteiger partial charge in [0.15, 0.2) is 0 Å². The molecule has 0 atom stereocenters. The highest BCUT2D eigenvalue weighted by Gasteiger charge is 2.04. The van der Waals surface area contributed by atoms with Crippen molar-refractivity contribution >= 4 is 23.7 Å². The maximum absolute atomic E-state index is 11.9. The number of hydrogen-bond donors (Lipinski definition) is 1. The molecular weight excluding hydrogens is 304 g/mol. The highest BCUT2D eigenvalue weighted by molar-refractivity contribution is 6.30. The van der Waals surface area contributed by atoms with Crippen LogP contribution in [0.2, 0.25) is 5.02 Å². The summed E-state index contributed by atoms with van der Waals surface area (Å²) < 4.78 is 10.3. The molecule has 2 rings (SSSR count). The van der Waals surface area contributed by atoms with Crippen LogP contribution in [0, 0.1) is 0 Å². The zero-order valence-electron chi connectivity index (χ0n) is 12.2. The molecule has 0 fully saturated rings. The summed E-state index contributed by atoms with van der Waals surface area (Å²) in [4.78, 5) is 11.9. The number of ether oxygens (including phenoxy) is 2. The maximum Gasteiger partial charge on any atom is 0.271 e. The summed E-state index contributed by atoms with van der Waals surface area (Å²) in [6.07, 6.45) is 1.51. The van der Waals surface area contributed by atoms with E-state index in [0.29, 0.717) is 22.1 Å². The van der Waals surface area contributed by atoms with Gasteiger partial charge in [-0.25, -0.2) is 5.43 Å². The van der Waals surface area contributed by atoms with Gasteiger partial charge in [0.2, 0.25) is 0 Å². The Morgan fingerprint density at radius 1 is 1.14 bits per heavy atom. The second-order valence-electron chi connectivity index (χ2n) is 4.36. The second kappa shape index (κ2) is 7.47. The number of hydrogen-bond acceptors (Lipinski definition) is 4. The first kappa shape index (κ1) is 15.9. The van der Waals surface area contributed by atoms with Crippen molar-refractivity contribution in [1.82, 2.24) is 5.43 Å². The molecule has 0 aliphatic heterocycles. The van der Waals surface area contributed by atoms with Crippen LogP contribution < -0.4 is 14.9 Å². The number of nitrogens with one attached hydrogen (secondary N) is 1. The molecule has 22 heavy (non-hydrogen) atoms. The molecule has 6 heteroatoms. The van der Waals surface area contributed by atoms with E-state index < -0.39 is 0 Å². The molecule has 2 aromatic rings. The van der Waals surface area contributed by atoms with E-state index in [1.807, 2.05) is 0 Å². The lowest BCUT2D eigenvalue weighted by atomic mass is 10.2. The summed E-state index contributed by atoms with van der Waals surface area (Å²) in [6.45, 7) is 0. The SMILES string of the molecule is COc1cc(/C=N\NC(=O)c2cccc(Cl)c2)cc(OC)c1. The molecule has 0 radical (unpaired) electrons. The summed E-state index contributed by atoms with van der Waals surface area (Å²) in [6, 6.07) is 11.9. The number of nitrogens with zero attached hydrogens (tertiary/aromatic N) is 1. The fourth-order valence-electron chi connectivity index (χ4n) is 1.76. The molecule has 0 aliphatic rings. The Morgan fingerprint density at radius 2 is 1.82 bits per heavy atom. The number of methoxy groups -OCH3 is 2. The zero-order chi connectivity index (χ0) is 15.9. The third-order valence-corrected chi connectivity index (χ3v) is 3.08. The van der Waals surface area contributed by atoms with E-state index in [1.54, 1.807) is 56.7 Å². The number of halogens is 1. The van der Waals surface area contributed by atoms with Crippen molar-refractivity contribution in [3.63, 3.8) is 0 Å². The Kier molecular flexibility index (Phi) is 5.38. The van der Waals surface area contributed by atoms with E-state index >= 15 is 0 Å². The van der Waals surface area contributed by atoms with Crippen molar-refractivity contribution in [2.24, 2.45) is 5.10 Å². The minimum absolute atomic E-state index is 0.339. The van der Waals surface area contributed by atoms with Crippen molar-refractivity contribution in [1.29, 1.82) is 0 Å². The normalized spacial score (nSPS) is 10.5. The molecule has 0 spiro atoms. The van der Waals surface area contributed by atoms with Crippen LogP contribution in [-0.4, -0.2) is 26.3 Å². The highest BCUT2D eigenvalue weighted by Crippen LogP contribution is 2.21. The van der Waals surface area contributed by atoms with E-state index in [2.05, 4.69) is 10.5 Å². The molecule has 0 aliphatic carbocycles. The van der Waals surface area contributed by atoms with Crippen molar-refractivity contribution in [3.8, 4) is 11.5 Å². The Morgan fingerprint density at radius 3 is 2.41 bits per heavy atom. The lowest BCUT2D eigenvalue weighted by molar-refractivity contribution is 0.0955. The largest absolute Gasteiger partial charge is 0.497 e. The Hall–Kier alpha value is -2.53. The van der Waals surface area contributed by atoms with Crippen LogP contribution in [0.1, 0.15) is 15.9 Å². The Bertz CT molecular complexity index is 679. The summed E-state index contributed by atoms with van der Waals surface area (Å²) in [5.41, 5.74) is 3.62. The van der Waals surface area contributed by atoms with Gasteiger partial charge in [-0.15, -0.1) is 0 Å². The third-order valence-electron chi connectivity index (χ3n) is 2.84. The van der Waals surface area contributed by atoms with E-state index in [1.165, 1.54) is 6.21 Å². The molecule has 0 heterocycles. The lowest BCUT2D eigenvalue weighted by Gasteiger charge is -2.05. The first-order valence-electron chi connectivity index (χ1n) is 6.44. The summed E-state index contributed by atoms with van der Waals surface area (Å²) in [7, 11) is 3.13. The Balaban J connectivity index is 2.07. The lowest BCUT2D eigenvalue weighted by Crippen LogP contribution is -2.17. The third kappa shape index (κ3) is 4.23. The number of carbonyl (C=O) groups excluding carboxylic acids is 1. The van der Waals surface area contributed by atoms with Crippen molar-refractivity contribution in [3.05, 3.63) is 58.6 Å². The molecule has 114 valence electrons. The van der Waals surface area contributed by atoms with Crippen LogP contribution in [0.3, 0.4) is 0 Å². The van der Waals surface area contributed by atoms with Gasteiger partial charge >= 0.3 is 0 Å². The summed E-state index contributed by atoms with van der Waals surface area (Å²) in [5.74, 6) is 0.942. The number of amides is 1. The quantitative estimate of drug-likeness (QED) is 0.680. The van der Waals surface area contributed by atoms with Gasteiger partial charge in [-0.2, -0.15) is 5.10 Å². The van der Waals surface area contributed by atoms with Crippen molar-refractivity contribution in [2.45, 2.75) is 0 Å². The fourth-order valence-corrected chi connectivity index (χ4v) is 1.95. The smallest absolute Gasteiger partial charge is 0.271 e. The standard InChI is InChI=1S/C16H15ClN2O3/c1-21-14-6-11(7-15(9-14)22-2)10-18-19-16(20)12-4-3-5-13(17)8-12/h3-10H,1-2H3,(H,19,20)/b18-10-. The van der Waals surface area contributed by atoms with Crippen molar-refractivity contribution in [2.75, 3.05) is 14.2 Å². The van der Waals surface area contributed by atoms with E-state index in [-0.39, 0.29) is 5.91 Å². The van der Waals surface area contributed by atoms with Gasteiger partial charge in [0.25, 0.3) is 5.91 Å². The highest BCUT2D eigenvalue weighted by atomic mass is 35.5. The molecule has 5 nitrogen and oxygen atoms in total. The minimum Gasteiger partial charge on any atom is -0.497 e. The van der Waals surface area contributed by atoms with Crippen LogP contribution >= 0.6 is 11.6 Å². The van der Waals surface area contributed by atoms with Gasteiger partial charge in [0.1, 0.15) is 11.5 Å². The first-order chi connectivity index (χ1) is 10.6. The maximum atomic E-state index is 11.9. The molecule has 0 unspecified atom stereocenters. The molecule has 0 saturated carbocycles. The Labute approximate surface area is 133 Å². The van der Waals surface area contributed by atoms with Crippen molar-refractivity contribution < 1.29 is 14.3 Å².